The summed E-state index contributed by atoms with van der Waals surface area (Å²) in [6.07, 6.45) is 2.76. The van der Waals surface area contributed by atoms with Crippen LogP contribution in [0.5, 0.6) is 0 Å². The normalized spacial score (nSPS) is 12.4. The van der Waals surface area contributed by atoms with Gasteiger partial charge in [-0.2, -0.15) is 0 Å². The molecule has 0 amide bonds. The molecule has 0 fully saturated rings. The Balaban J connectivity index is 2.31. The molecular weight excluding hydrogens is 300 g/mol. The Morgan fingerprint density at radius 3 is 2.58 bits per heavy atom. The molecule has 1 N–H and O–H groups in total. The number of rotatable bonds is 4. The van der Waals surface area contributed by atoms with Crippen LogP contribution in [0.25, 0.3) is 0 Å². The molecule has 100 valence electrons. The van der Waals surface area contributed by atoms with Crippen molar-refractivity contribution in [2.75, 3.05) is 7.05 Å². The van der Waals surface area contributed by atoms with Crippen molar-refractivity contribution in [2.45, 2.75) is 26.3 Å². The molecule has 0 spiro atoms. The Bertz CT molecular complexity index is 566. The average Bonchev–Trinajstić information content (AvgIpc) is 2.41. The van der Waals surface area contributed by atoms with Gasteiger partial charge in [-0.25, -0.2) is 0 Å². The highest BCUT2D eigenvalue weighted by atomic mass is 79.9. The fourth-order valence-corrected chi connectivity index (χ4v) is 2.77. The Kier molecular flexibility index (Phi) is 4.72. The molecule has 1 atom stereocenters. The van der Waals surface area contributed by atoms with E-state index < -0.39 is 0 Å². The quantitative estimate of drug-likeness (QED) is 0.922. The molecule has 3 heteroatoms. The van der Waals surface area contributed by atoms with E-state index in [2.05, 4.69) is 64.3 Å². The monoisotopic (exact) mass is 318 g/mol. The summed E-state index contributed by atoms with van der Waals surface area (Å²) in [5.41, 5.74) is 4.94. The fraction of sp³-hybridized carbons (Fsp3) is 0.312. The first-order valence-electron chi connectivity index (χ1n) is 6.46. The zero-order valence-corrected chi connectivity index (χ0v) is 13.2. The molecule has 2 rings (SSSR count). The van der Waals surface area contributed by atoms with Gasteiger partial charge in [-0.05, 0) is 43.7 Å². The second-order valence-corrected chi connectivity index (χ2v) is 5.58. The molecule has 1 unspecified atom stereocenters. The van der Waals surface area contributed by atoms with Crippen molar-refractivity contribution < 1.29 is 0 Å². The van der Waals surface area contributed by atoms with Crippen molar-refractivity contribution in [1.82, 2.24) is 10.3 Å². The lowest BCUT2D eigenvalue weighted by Gasteiger charge is -2.19. The van der Waals surface area contributed by atoms with Crippen LogP contribution in [0.3, 0.4) is 0 Å². The summed E-state index contributed by atoms with van der Waals surface area (Å²) in [6.45, 7) is 4.23. The molecule has 0 aliphatic rings. The number of nitrogens with zero attached hydrogens (tertiary/aromatic N) is 1. The number of aryl methyl sites for hydroxylation is 2. The van der Waals surface area contributed by atoms with Gasteiger partial charge in [0.25, 0.3) is 0 Å². The zero-order chi connectivity index (χ0) is 13.8. The van der Waals surface area contributed by atoms with Gasteiger partial charge in [0.05, 0.1) is 0 Å². The Morgan fingerprint density at radius 2 is 1.89 bits per heavy atom. The van der Waals surface area contributed by atoms with E-state index in [-0.39, 0.29) is 6.04 Å². The molecule has 1 aromatic carbocycles. The van der Waals surface area contributed by atoms with E-state index in [1.54, 1.807) is 0 Å². The first-order chi connectivity index (χ1) is 9.13. The SMILES string of the molecule is CNC(Cc1ncccc1C)c1cccc(C)c1Br. The third-order valence-corrected chi connectivity index (χ3v) is 4.54. The summed E-state index contributed by atoms with van der Waals surface area (Å²) >= 11 is 3.69. The average molecular weight is 319 g/mol. The van der Waals surface area contributed by atoms with E-state index in [4.69, 9.17) is 0 Å². The van der Waals surface area contributed by atoms with Crippen LogP contribution in [0, 0.1) is 13.8 Å². The number of benzene rings is 1. The molecule has 0 saturated carbocycles. The number of hydrogen-bond donors (Lipinski definition) is 1. The molecule has 1 aromatic heterocycles. The molecule has 0 bridgehead atoms. The molecule has 0 radical (unpaired) electrons. The summed E-state index contributed by atoms with van der Waals surface area (Å²) in [7, 11) is 2.00. The van der Waals surface area contributed by atoms with Crippen LogP contribution in [0.15, 0.2) is 41.0 Å². The summed E-state index contributed by atoms with van der Waals surface area (Å²) in [6, 6.07) is 10.7. The van der Waals surface area contributed by atoms with Gasteiger partial charge in [0.15, 0.2) is 0 Å². The van der Waals surface area contributed by atoms with Crippen LogP contribution < -0.4 is 5.32 Å². The lowest BCUT2D eigenvalue weighted by molar-refractivity contribution is 0.580. The minimum absolute atomic E-state index is 0.267. The van der Waals surface area contributed by atoms with Crippen molar-refractivity contribution in [3.63, 3.8) is 0 Å². The summed E-state index contributed by atoms with van der Waals surface area (Å²) in [4.78, 5) is 4.49. The number of aromatic nitrogens is 1. The number of nitrogens with one attached hydrogen (secondary N) is 1. The second-order valence-electron chi connectivity index (χ2n) is 4.79. The first kappa shape index (κ1) is 14.2. The van der Waals surface area contributed by atoms with Gasteiger partial charge in [-0.3, -0.25) is 4.98 Å². The predicted molar refractivity (Wildman–Crippen MR) is 83.4 cm³/mol. The highest BCUT2D eigenvalue weighted by molar-refractivity contribution is 9.10. The highest BCUT2D eigenvalue weighted by Gasteiger charge is 2.15. The smallest absolute Gasteiger partial charge is 0.0451 e. The molecule has 0 aliphatic carbocycles. The van der Waals surface area contributed by atoms with Gasteiger partial charge in [-0.1, -0.05) is 40.2 Å². The lowest BCUT2D eigenvalue weighted by Crippen LogP contribution is -2.20. The minimum atomic E-state index is 0.267. The Labute approximate surface area is 123 Å². The van der Waals surface area contributed by atoms with Gasteiger partial charge in [-0.15, -0.1) is 0 Å². The number of halogens is 1. The van der Waals surface area contributed by atoms with Crippen molar-refractivity contribution in [3.05, 3.63) is 63.4 Å². The Hall–Kier alpha value is -1.19. The maximum Gasteiger partial charge on any atom is 0.0451 e. The van der Waals surface area contributed by atoms with E-state index in [0.717, 1.165) is 12.1 Å². The van der Waals surface area contributed by atoms with Crippen molar-refractivity contribution in [1.29, 1.82) is 0 Å². The molecule has 19 heavy (non-hydrogen) atoms. The van der Waals surface area contributed by atoms with Crippen LogP contribution in [0.4, 0.5) is 0 Å². The van der Waals surface area contributed by atoms with Crippen molar-refractivity contribution in [2.24, 2.45) is 0 Å². The summed E-state index contributed by atoms with van der Waals surface area (Å²) in [5, 5.41) is 3.39. The maximum atomic E-state index is 4.49. The molecule has 0 aliphatic heterocycles. The zero-order valence-electron chi connectivity index (χ0n) is 11.6. The fourth-order valence-electron chi connectivity index (χ4n) is 2.23. The Morgan fingerprint density at radius 1 is 1.16 bits per heavy atom. The number of hydrogen-bond acceptors (Lipinski definition) is 2. The highest BCUT2D eigenvalue weighted by Crippen LogP contribution is 2.28. The van der Waals surface area contributed by atoms with Gasteiger partial charge in [0.1, 0.15) is 0 Å². The largest absolute Gasteiger partial charge is 0.313 e. The van der Waals surface area contributed by atoms with E-state index in [0.29, 0.717) is 0 Å². The first-order valence-corrected chi connectivity index (χ1v) is 7.25. The second kappa shape index (κ2) is 6.31. The molecule has 1 heterocycles. The van der Waals surface area contributed by atoms with Crippen LogP contribution in [0.2, 0.25) is 0 Å². The van der Waals surface area contributed by atoms with E-state index in [1.165, 1.54) is 21.2 Å². The molecule has 0 saturated heterocycles. The molecular formula is C16H19BrN2. The van der Waals surface area contributed by atoms with E-state index >= 15 is 0 Å². The van der Waals surface area contributed by atoms with Gasteiger partial charge in [0, 0.05) is 28.8 Å². The number of likely N-dealkylation sites (N-methyl/N-ethyl adjacent to an activating group) is 1. The van der Waals surface area contributed by atoms with Gasteiger partial charge in [0.2, 0.25) is 0 Å². The minimum Gasteiger partial charge on any atom is -0.313 e. The third kappa shape index (κ3) is 3.23. The standard InChI is InChI=1S/C16H19BrN2/c1-11-7-5-9-19-14(11)10-15(18-3)13-8-4-6-12(2)16(13)17/h4-9,15,18H,10H2,1-3H3. The third-order valence-electron chi connectivity index (χ3n) is 3.46. The topological polar surface area (TPSA) is 24.9 Å². The van der Waals surface area contributed by atoms with Crippen LogP contribution in [0.1, 0.15) is 28.4 Å². The summed E-state index contributed by atoms with van der Waals surface area (Å²) in [5.74, 6) is 0. The van der Waals surface area contributed by atoms with E-state index in [1.807, 2.05) is 19.3 Å². The lowest BCUT2D eigenvalue weighted by atomic mass is 9.98. The van der Waals surface area contributed by atoms with Gasteiger partial charge < -0.3 is 5.32 Å². The maximum absolute atomic E-state index is 4.49. The number of pyridine rings is 1. The predicted octanol–water partition coefficient (Wildman–Crippen LogP) is 3.96. The van der Waals surface area contributed by atoms with E-state index in [9.17, 15) is 0 Å². The van der Waals surface area contributed by atoms with Gasteiger partial charge >= 0.3 is 0 Å². The summed E-state index contributed by atoms with van der Waals surface area (Å²) < 4.78 is 1.18. The van der Waals surface area contributed by atoms with Crippen LogP contribution in [-0.2, 0) is 6.42 Å². The van der Waals surface area contributed by atoms with Crippen molar-refractivity contribution >= 4 is 15.9 Å². The van der Waals surface area contributed by atoms with Crippen LogP contribution >= 0.6 is 15.9 Å². The van der Waals surface area contributed by atoms with Crippen molar-refractivity contribution in [3.8, 4) is 0 Å². The molecule has 2 nitrogen and oxygen atoms in total. The van der Waals surface area contributed by atoms with Crippen LogP contribution in [-0.4, -0.2) is 12.0 Å². The molecule has 2 aromatic rings.